The first-order valence-corrected chi connectivity index (χ1v) is 5.00. The van der Waals surface area contributed by atoms with Gasteiger partial charge in [-0.05, 0) is 24.6 Å². The van der Waals surface area contributed by atoms with Crippen LogP contribution in [0, 0.1) is 6.92 Å². The Kier molecular flexibility index (Phi) is 2.52. The summed E-state index contributed by atoms with van der Waals surface area (Å²) in [5.74, 6) is 0. The smallest absolute Gasteiger partial charge is 0.167 e. The summed E-state index contributed by atoms with van der Waals surface area (Å²) in [5, 5.41) is 0.900. The molecule has 0 spiro atoms. The Balaban J connectivity index is 2.89. The zero-order chi connectivity index (χ0) is 10.3. The number of rotatable bonds is 0. The third kappa shape index (κ3) is 1.65. The Morgan fingerprint density at radius 2 is 1.64 bits per heavy atom. The van der Waals surface area contributed by atoms with E-state index in [2.05, 4.69) is 9.97 Å². The first kappa shape index (κ1) is 9.97. The normalized spacial score (nSPS) is 10.9. The number of halogens is 3. The van der Waals surface area contributed by atoms with Crippen LogP contribution >= 0.6 is 34.8 Å². The maximum absolute atomic E-state index is 5.98. The minimum absolute atomic E-state index is 0.171. The van der Waals surface area contributed by atoms with Gasteiger partial charge in [0, 0.05) is 0 Å². The van der Waals surface area contributed by atoms with Crippen LogP contribution in [0.5, 0.6) is 0 Å². The summed E-state index contributed by atoms with van der Waals surface area (Å²) < 4.78 is 0. The third-order valence-corrected chi connectivity index (χ3v) is 2.70. The van der Waals surface area contributed by atoms with Gasteiger partial charge in [0.15, 0.2) is 10.3 Å². The van der Waals surface area contributed by atoms with Gasteiger partial charge < -0.3 is 0 Å². The van der Waals surface area contributed by atoms with E-state index in [1.54, 1.807) is 0 Å². The molecule has 0 aliphatic heterocycles. The minimum Gasteiger partial charge on any atom is -0.231 e. The second-order valence-corrected chi connectivity index (χ2v) is 4.04. The molecule has 1 aromatic carbocycles. The molecule has 72 valence electrons. The van der Waals surface area contributed by atoms with Crippen LogP contribution in [0.2, 0.25) is 15.3 Å². The van der Waals surface area contributed by atoms with Crippen molar-refractivity contribution in [1.82, 2.24) is 9.97 Å². The summed E-state index contributed by atoms with van der Waals surface area (Å²) in [6, 6.07) is 3.67. The zero-order valence-corrected chi connectivity index (χ0v) is 9.45. The molecule has 0 saturated carbocycles. The van der Waals surface area contributed by atoms with Gasteiger partial charge in [0.1, 0.15) is 5.52 Å². The Hall–Kier alpha value is -0.570. The number of aromatic nitrogens is 2. The van der Waals surface area contributed by atoms with E-state index >= 15 is 0 Å². The fourth-order valence-electron chi connectivity index (χ4n) is 1.21. The van der Waals surface area contributed by atoms with Crippen LogP contribution in [0.15, 0.2) is 12.1 Å². The number of hydrogen-bond acceptors (Lipinski definition) is 2. The molecule has 0 amide bonds. The van der Waals surface area contributed by atoms with Crippen molar-refractivity contribution < 1.29 is 0 Å². The molecule has 14 heavy (non-hydrogen) atoms. The number of aryl methyl sites for hydroxylation is 1. The van der Waals surface area contributed by atoms with Gasteiger partial charge in [0.2, 0.25) is 0 Å². The molecule has 0 N–H and O–H groups in total. The van der Waals surface area contributed by atoms with Gasteiger partial charge >= 0.3 is 0 Å². The molecule has 0 saturated heterocycles. The van der Waals surface area contributed by atoms with Crippen LogP contribution < -0.4 is 0 Å². The van der Waals surface area contributed by atoms with Crippen molar-refractivity contribution >= 4 is 45.8 Å². The van der Waals surface area contributed by atoms with Crippen LogP contribution in [-0.4, -0.2) is 9.97 Å². The van der Waals surface area contributed by atoms with Crippen LogP contribution in [0.3, 0.4) is 0 Å². The van der Waals surface area contributed by atoms with E-state index in [-0.39, 0.29) is 10.3 Å². The molecular formula is C9H5Cl3N2. The molecule has 1 heterocycles. The SMILES string of the molecule is Cc1cc(Cl)c2nc(Cl)c(Cl)nc2c1. The molecule has 0 unspecified atom stereocenters. The van der Waals surface area contributed by atoms with Crippen molar-refractivity contribution in [1.29, 1.82) is 0 Å². The van der Waals surface area contributed by atoms with Gasteiger partial charge in [-0.15, -0.1) is 0 Å². The Morgan fingerprint density at radius 3 is 2.36 bits per heavy atom. The summed E-state index contributed by atoms with van der Waals surface area (Å²) >= 11 is 17.5. The lowest BCUT2D eigenvalue weighted by Crippen LogP contribution is -1.88. The van der Waals surface area contributed by atoms with E-state index in [0.717, 1.165) is 5.56 Å². The zero-order valence-electron chi connectivity index (χ0n) is 7.18. The number of benzene rings is 1. The highest BCUT2D eigenvalue weighted by molar-refractivity contribution is 6.41. The Morgan fingerprint density at radius 1 is 1.00 bits per heavy atom. The molecule has 2 nitrogen and oxygen atoms in total. The standard InChI is InChI=1S/C9H5Cl3N2/c1-4-2-5(10)7-6(3-4)13-8(11)9(12)14-7/h2-3H,1H3. The molecule has 0 fully saturated rings. The van der Waals surface area contributed by atoms with Gasteiger partial charge in [-0.1, -0.05) is 34.8 Å². The first-order valence-electron chi connectivity index (χ1n) is 3.87. The van der Waals surface area contributed by atoms with Crippen molar-refractivity contribution in [2.45, 2.75) is 6.92 Å². The maximum atomic E-state index is 5.98. The highest BCUT2D eigenvalue weighted by Gasteiger charge is 2.07. The molecule has 0 bridgehead atoms. The summed E-state index contributed by atoms with van der Waals surface area (Å²) in [5.41, 5.74) is 2.24. The lowest BCUT2D eigenvalue weighted by molar-refractivity contribution is 1.28. The highest BCUT2D eigenvalue weighted by atomic mass is 35.5. The monoisotopic (exact) mass is 246 g/mol. The fraction of sp³-hybridized carbons (Fsp3) is 0.111. The number of fused-ring (bicyclic) bond motifs is 1. The average Bonchev–Trinajstić information content (AvgIpc) is 2.08. The first-order chi connectivity index (χ1) is 6.58. The van der Waals surface area contributed by atoms with Crippen LogP contribution in [0.4, 0.5) is 0 Å². The Labute approximate surface area is 95.8 Å². The van der Waals surface area contributed by atoms with E-state index in [4.69, 9.17) is 34.8 Å². The Bertz CT molecular complexity index is 511. The summed E-state index contributed by atoms with van der Waals surface area (Å²) in [7, 11) is 0. The molecular weight excluding hydrogens is 242 g/mol. The predicted octanol–water partition coefficient (Wildman–Crippen LogP) is 3.90. The molecule has 1 aromatic heterocycles. The minimum atomic E-state index is 0.171. The van der Waals surface area contributed by atoms with Gasteiger partial charge in [0.25, 0.3) is 0 Å². The van der Waals surface area contributed by atoms with E-state index in [1.807, 2.05) is 19.1 Å². The van der Waals surface area contributed by atoms with Gasteiger partial charge in [-0.3, -0.25) is 0 Å². The molecule has 5 heteroatoms. The largest absolute Gasteiger partial charge is 0.231 e. The molecule has 0 radical (unpaired) electrons. The summed E-state index contributed by atoms with van der Waals surface area (Å²) in [4.78, 5) is 8.14. The second-order valence-electron chi connectivity index (χ2n) is 2.92. The van der Waals surface area contributed by atoms with Crippen molar-refractivity contribution in [2.24, 2.45) is 0 Å². The fourth-order valence-corrected chi connectivity index (χ4v) is 1.78. The second kappa shape index (κ2) is 3.54. The van der Waals surface area contributed by atoms with E-state index in [0.29, 0.717) is 16.1 Å². The van der Waals surface area contributed by atoms with Crippen molar-refractivity contribution in [3.8, 4) is 0 Å². The third-order valence-electron chi connectivity index (χ3n) is 1.79. The molecule has 0 aliphatic carbocycles. The van der Waals surface area contributed by atoms with Crippen molar-refractivity contribution in [2.75, 3.05) is 0 Å². The topological polar surface area (TPSA) is 25.8 Å². The summed E-state index contributed by atoms with van der Waals surface area (Å²) in [6.07, 6.45) is 0. The van der Waals surface area contributed by atoms with Gasteiger partial charge in [-0.25, -0.2) is 9.97 Å². The maximum Gasteiger partial charge on any atom is 0.167 e. The van der Waals surface area contributed by atoms with Gasteiger partial charge in [-0.2, -0.15) is 0 Å². The number of nitrogens with zero attached hydrogens (tertiary/aromatic N) is 2. The van der Waals surface area contributed by atoms with Crippen LogP contribution in [0.1, 0.15) is 5.56 Å². The van der Waals surface area contributed by atoms with Crippen LogP contribution in [0.25, 0.3) is 11.0 Å². The lowest BCUT2D eigenvalue weighted by Gasteiger charge is -2.02. The average molecular weight is 248 g/mol. The molecule has 2 rings (SSSR count). The highest BCUT2D eigenvalue weighted by Crippen LogP contribution is 2.26. The summed E-state index contributed by atoms with van der Waals surface area (Å²) in [6.45, 7) is 1.93. The molecule has 0 aliphatic rings. The lowest BCUT2D eigenvalue weighted by atomic mass is 10.2. The van der Waals surface area contributed by atoms with E-state index in [9.17, 15) is 0 Å². The van der Waals surface area contributed by atoms with Crippen molar-refractivity contribution in [3.05, 3.63) is 33.0 Å². The molecule has 2 aromatic rings. The van der Waals surface area contributed by atoms with E-state index < -0.39 is 0 Å². The van der Waals surface area contributed by atoms with Crippen molar-refractivity contribution in [3.63, 3.8) is 0 Å². The predicted molar refractivity (Wildman–Crippen MR) is 59.3 cm³/mol. The van der Waals surface area contributed by atoms with Gasteiger partial charge in [0.05, 0.1) is 10.5 Å². The quantitative estimate of drug-likeness (QED) is 0.705. The van der Waals surface area contributed by atoms with E-state index in [1.165, 1.54) is 0 Å². The number of hydrogen-bond donors (Lipinski definition) is 0. The van der Waals surface area contributed by atoms with Crippen LogP contribution in [-0.2, 0) is 0 Å². The molecule has 0 atom stereocenters.